The van der Waals surface area contributed by atoms with Crippen molar-refractivity contribution in [1.29, 1.82) is 0 Å². The number of ether oxygens (including phenoxy) is 2. The highest BCUT2D eigenvalue weighted by Crippen LogP contribution is 2.39. The summed E-state index contributed by atoms with van der Waals surface area (Å²) in [7, 11) is 2.55. The maximum Gasteiger partial charge on any atom is 0.407 e. The van der Waals surface area contributed by atoms with E-state index in [1.807, 2.05) is 12.1 Å². The molecular weight excluding hydrogens is 818 g/mol. The van der Waals surface area contributed by atoms with Crippen LogP contribution in [0.25, 0.3) is 22.3 Å². The topological polar surface area (TPSA) is 213 Å². The molecule has 4 aromatic rings. The molecule has 16 heteroatoms. The number of fused-ring (bicyclic) bond motifs is 5. The van der Waals surface area contributed by atoms with Crippen LogP contribution in [0.4, 0.5) is 4.79 Å². The van der Waals surface area contributed by atoms with Crippen LogP contribution in [0.1, 0.15) is 74.5 Å². The number of benzene rings is 4. The van der Waals surface area contributed by atoms with Crippen LogP contribution in [0.2, 0.25) is 5.02 Å². The second-order valence-corrected chi connectivity index (χ2v) is 16.5. The van der Waals surface area contributed by atoms with Crippen molar-refractivity contribution in [2.75, 3.05) is 20.7 Å². The number of esters is 1. The van der Waals surface area contributed by atoms with Crippen LogP contribution in [-0.2, 0) is 35.1 Å². The molecule has 62 heavy (non-hydrogen) atoms. The van der Waals surface area contributed by atoms with Crippen LogP contribution in [0.15, 0.2) is 84.9 Å². The number of likely N-dealkylation sites (N-methyl/N-ethyl adjacent to an activating group) is 1. The van der Waals surface area contributed by atoms with Crippen molar-refractivity contribution in [3.05, 3.63) is 107 Å². The number of nitrogens with zero attached hydrogens (tertiary/aromatic N) is 1. The number of halogens is 1. The largest absolute Gasteiger partial charge is 0.507 e. The van der Waals surface area contributed by atoms with Gasteiger partial charge in [0, 0.05) is 41.7 Å². The molecule has 4 bridgehead atoms. The first-order valence-corrected chi connectivity index (χ1v) is 20.5. The molecule has 4 atom stereocenters. The molecule has 1 aliphatic heterocycles. The molecule has 5 rings (SSSR count). The van der Waals surface area contributed by atoms with Crippen LogP contribution >= 0.6 is 11.6 Å². The minimum atomic E-state index is -1.45. The molecule has 0 spiro atoms. The fraction of sp³-hybridized carbons (Fsp3) is 0.348. The lowest BCUT2D eigenvalue weighted by Crippen LogP contribution is -2.55. The number of methoxy groups -OCH3 is 1. The van der Waals surface area contributed by atoms with Crippen molar-refractivity contribution < 1.29 is 48.5 Å². The Morgan fingerprint density at radius 1 is 0.855 bits per heavy atom. The van der Waals surface area contributed by atoms with E-state index in [0.29, 0.717) is 23.4 Å². The number of unbranched alkanes of at least 4 members (excludes halogenated alkanes) is 1. The van der Waals surface area contributed by atoms with Crippen LogP contribution in [0, 0.1) is 0 Å². The normalized spacial score (nSPS) is 17.0. The molecule has 6 N–H and O–H groups in total. The van der Waals surface area contributed by atoms with E-state index in [1.54, 1.807) is 69.3 Å². The van der Waals surface area contributed by atoms with E-state index in [4.69, 9.17) is 21.1 Å². The third kappa shape index (κ3) is 12.0. The molecule has 0 aliphatic carbocycles. The van der Waals surface area contributed by atoms with Crippen molar-refractivity contribution >= 4 is 47.3 Å². The van der Waals surface area contributed by atoms with E-state index in [1.165, 1.54) is 45.3 Å². The second kappa shape index (κ2) is 20.3. The summed E-state index contributed by atoms with van der Waals surface area (Å²) in [6.07, 6.45) is 0.216. The third-order valence-corrected chi connectivity index (χ3v) is 10.4. The number of carbonyl (C=O) groups excluding carboxylic acids is 6. The molecule has 328 valence electrons. The van der Waals surface area contributed by atoms with Gasteiger partial charge in [0.15, 0.2) is 0 Å². The lowest BCUT2D eigenvalue weighted by molar-refractivity contribution is -0.145. The molecular formula is C46H52ClN5O10. The summed E-state index contributed by atoms with van der Waals surface area (Å²) in [6.45, 7) is 6.87. The first-order valence-electron chi connectivity index (χ1n) is 20.1. The quantitative estimate of drug-likeness (QED) is 0.0788. The van der Waals surface area contributed by atoms with Gasteiger partial charge in [0.2, 0.25) is 17.7 Å². The van der Waals surface area contributed by atoms with Gasteiger partial charge in [0.25, 0.3) is 5.91 Å². The number of aromatic hydroxyl groups is 2. The molecule has 1 heterocycles. The molecule has 0 unspecified atom stereocenters. The molecule has 0 saturated carbocycles. The average molecular weight is 870 g/mol. The highest BCUT2D eigenvalue weighted by molar-refractivity contribution is 6.30. The van der Waals surface area contributed by atoms with Gasteiger partial charge in [0.1, 0.15) is 41.3 Å². The molecule has 0 saturated heterocycles. The van der Waals surface area contributed by atoms with Crippen molar-refractivity contribution in [2.24, 2.45) is 0 Å². The number of carbonyl (C=O) groups is 6. The predicted molar refractivity (Wildman–Crippen MR) is 232 cm³/mol. The number of phenols is 2. The minimum Gasteiger partial charge on any atom is -0.507 e. The molecule has 5 amide bonds. The Morgan fingerprint density at radius 2 is 1.47 bits per heavy atom. The predicted octanol–water partition coefficient (Wildman–Crippen LogP) is 5.80. The maximum atomic E-state index is 14.7. The molecule has 0 fully saturated rings. The van der Waals surface area contributed by atoms with Crippen LogP contribution in [0.5, 0.6) is 11.5 Å². The summed E-state index contributed by atoms with van der Waals surface area (Å²) >= 11 is 6.06. The lowest BCUT2D eigenvalue weighted by atomic mass is 9.93. The van der Waals surface area contributed by atoms with Crippen molar-refractivity contribution in [2.45, 2.75) is 83.1 Å². The van der Waals surface area contributed by atoms with Gasteiger partial charge in [-0.2, -0.15) is 0 Å². The molecule has 0 radical (unpaired) electrons. The average Bonchev–Trinajstić information content (AvgIpc) is 3.22. The van der Waals surface area contributed by atoms with Crippen LogP contribution in [0.3, 0.4) is 0 Å². The van der Waals surface area contributed by atoms with E-state index < -0.39 is 65.5 Å². The fourth-order valence-corrected chi connectivity index (χ4v) is 7.07. The van der Waals surface area contributed by atoms with Gasteiger partial charge in [-0.1, -0.05) is 48.0 Å². The van der Waals surface area contributed by atoms with E-state index in [-0.39, 0.29) is 53.1 Å². The van der Waals surface area contributed by atoms with E-state index in [0.717, 1.165) is 16.0 Å². The lowest BCUT2D eigenvalue weighted by Gasteiger charge is -2.32. The van der Waals surface area contributed by atoms with Gasteiger partial charge in [-0.25, -0.2) is 9.59 Å². The zero-order chi connectivity index (χ0) is 45.3. The number of hydrogen-bond donors (Lipinski definition) is 6. The van der Waals surface area contributed by atoms with E-state index in [9.17, 15) is 39.0 Å². The van der Waals surface area contributed by atoms with Crippen molar-refractivity contribution in [3.8, 4) is 33.8 Å². The Hall–Kier alpha value is -6.61. The highest BCUT2D eigenvalue weighted by Gasteiger charge is 2.36. The van der Waals surface area contributed by atoms with Crippen molar-refractivity contribution in [1.82, 2.24) is 26.2 Å². The van der Waals surface area contributed by atoms with Gasteiger partial charge < -0.3 is 45.9 Å². The zero-order valence-electron chi connectivity index (χ0n) is 35.4. The summed E-state index contributed by atoms with van der Waals surface area (Å²) in [5, 5.41) is 33.4. The highest BCUT2D eigenvalue weighted by atomic mass is 35.5. The van der Waals surface area contributed by atoms with Crippen LogP contribution < -0.4 is 21.3 Å². The Morgan fingerprint density at radius 3 is 2.10 bits per heavy atom. The van der Waals surface area contributed by atoms with Crippen LogP contribution in [-0.4, -0.2) is 95.2 Å². The number of rotatable bonds is 11. The van der Waals surface area contributed by atoms with Gasteiger partial charge in [-0.3, -0.25) is 19.2 Å². The monoisotopic (exact) mass is 869 g/mol. The fourth-order valence-electron chi connectivity index (χ4n) is 6.95. The first kappa shape index (κ1) is 46.5. The Balaban J connectivity index is 1.48. The Labute approximate surface area is 365 Å². The van der Waals surface area contributed by atoms with E-state index >= 15 is 0 Å². The number of amides is 5. The molecule has 4 aromatic carbocycles. The van der Waals surface area contributed by atoms with Gasteiger partial charge in [-0.15, -0.1) is 0 Å². The maximum absolute atomic E-state index is 14.7. The van der Waals surface area contributed by atoms with Gasteiger partial charge in [-0.05, 0) is 118 Å². The Kier molecular flexibility index (Phi) is 15.2. The molecule has 0 aromatic heterocycles. The summed E-state index contributed by atoms with van der Waals surface area (Å²) in [5.41, 5.74) is 2.27. The number of alkyl carbamates (subject to hydrolysis) is 1. The first-order chi connectivity index (χ1) is 29.3. The summed E-state index contributed by atoms with van der Waals surface area (Å²) < 4.78 is 10.2. The standard InChI is InChI=1S/C46H52ClN5O10/c1-26-40(55)51-36(44(59)61-6)24-27-10-20-37(53)33(23-27)34-25-31(17-21-38(34)54)39(42(57)49-26)52(5)43(58)35(9-7-8-22-48-45(60)62-46(2,3)4)50-41(56)30-13-11-28(12-14-30)29-15-18-32(47)19-16-29/h10-21,23,25-26,35-36,39,53-54H,7-9,22,24H2,1-6H3,(H,48,60)(H,49,57)(H,50,56)(H,51,55)/t26-,35-,36-,39-/m0/s1. The number of hydrogen-bond acceptors (Lipinski definition) is 10. The SMILES string of the molecule is COC(=O)[C@@H]1Cc2ccc(O)c(c2)-c2cc(ccc2O)[C@H](N(C)C(=O)[C@H](CCCCNC(=O)OC(C)(C)C)NC(=O)c2ccc(-c3ccc(Cl)cc3)cc2)C(=O)N[C@@H](C)C(=O)N1. The Bertz CT molecular complexity index is 2290. The van der Waals surface area contributed by atoms with Gasteiger partial charge >= 0.3 is 12.1 Å². The summed E-state index contributed by atoms with van der Waals surface area (Å²) in [6, 6.07) is 17.7. The molecule has 15 nitrogen and oxygen atoms in total. The van der Waals surface area contributed by atoms with Gasteiger partial charge in [0.05, 0.1) is 7.11 Å². The molecule has 1 aliphatic rings. The van der Waals surface area contributed by atoms with E-state index in [2.05, 4.69) is 21.3 Å². The minimum absolute atomic E-state index is 0.0383. The smallest absolute Gasteiger partial charge is 0.407 e. The number of phenolic OH excluding ortho intramolecular Hbond substituents is 2. The summed E-state index contributed by atoms with van der Waals surface area (Å²) in [5.74, 6) is -3.96. The number of nitrogens with one attached hydrogen (secondary N) is 4. The summed E-state index contributed by atoms with van der Waals surface area (Å²) in [4.78, 5) is 82.5. The third-order valence-electron chi connectivity index (χ3n) is 10.2. The second-order valence-electron chi connectivity index (χ2n) is 16.0. The zero-order valence-corrected chi connectivity index (χ0v) is 36.2. The van der Waals surface area contributed by atoms with Crippen molar-refractivity contribution in [3.63, 3.8) is 0 Å².